The molecule has 4 nitrogen and oxygen atoms in total. The van der Waals surface area contributed by atoms with E-state index < -0.39 is 10.0 Å². The fourth-order valence-electron chi connectivity index (χ4n) is 2.79. The van der Waals surface area contributed by atoms with Gasteiger partial charge in [0.05, 0.1) is 11.4 Å². The van der Waals surface area contributed by atoms with Crippen molar-refractivity contribution < 1.29 is 13.2 Å². The summed E-state index contributed by atoms with van der Waals surface area (Å²) in [6.45, 7) is 3.15. The van der Waals surface area contributed by atoms with E-state index in [9.17, 15) is 8.42 Å². The first-order valence-corrected chi connectivity index (χ1v) is 8.26. The number of nitrogens with one attached hydrogen (secondary N) is 1. The number of hydrogen-bond donors (Lipinski definition) is 1. The quantitative estimate of drug-likeness (QED) is 0.819. The van der Waals surface area contributed by atoms with Crippen molar-refractivity contribution >= 4 is 10.0 Å². The highest BCUT2D eigenvalue weighted by Crippen LogP contribution is 2.27. The molecule has 100 valence electrons. The standard InChI is InChI=1S/C12H23NO3S/c1-12(7-4-8-16-12)10-13-17(14,15)9-11-5-2-3-6-11/h11,13H,2-10H2,1H3. The van der Waals surface area contributed by atoms with Crippen LogP contribution in [0.1, 0.15) is 45.4 Å². The minimum atomic E-state index is -3.12. The largest absolute Gasteiger partial charge is 0.374 e. The molecule has 0 bridgehead atoms. The number of sulfonamides is 1. The van der Waals surface area contributed by atoms with E-state index in [1.807, 2.05) is 6.92 Å². The Morgan fingerprint density at radius 1 is 1.29 bits per heavy atom. The minimum absolute atomic E-state index is 0.289. The Morgan fingerprint density at radius 3 is 2.59 bits per heavy atom. The molecule has 1 heterocycles. The van der Waals surface area contributed by atoms with Crippen LogP contribution < -0.4 is 4.72 Å². The van der Waals surface area contributed by atoms with E-state index in [-0.39, 0.29) is 5.60 Å². The Labute approximate surface area is 104 Å². The lowest BCUT2D eigenvalue weighted by Gasteiger charge is -2.23. The van der Waals surface area contributed by atoms with Gasteiger partial charge in [0.25, 0.3) is 0 Å². The van der Waals surface area contributed by atoms with Gasteiger partial charge in [-0.25, -0.2) is 13.1 Å². The summed E-state index contributed by atoms with van der Waals surface area (Å²) in [5, 5.41) is 0. The molecule has 0 amide bonds. The fraction of sp³-hybridized carbons (Fsp3) is 1.00. The smallest absolute Gasteiger partial charge is 0.211 e. The monoisotopic (exact) mass is 261 g/mol. The molecule has 0 aromatic heterocycles. The second-order valence-electron chi connectivity index (χ2n) is 5.65. The van der Waals surface area contributed by atoms with Crippen molar-refractivity contribution in [2.75, 3.05) is 18.9 Å². The van der Waals surface area contributed by atoms with Crippen LogP contribution in [0.25, 0.3) is 0 Å². The van der Waals surface area contributed by atoms with Crippen molar-refractivity contribution in [3.8, 4) is 0 Å². The summed E-state index contributed by atoms with van der Waals surface area (Å²) in [5.41, 5.74) is -0.289. The predicted molar refractivity (Wildman–Crippen MR) is 67.3 cm³/mol. The van der Waals surface area contributed by atoms with E-state index in [1.54, 1.807) is 0 Å². The highest BCUT2D eigenvalue weighted by Gasteiger charge is 2.31. The SMILES string of the molecule is CC1(CNS(=O)(=O)CC2CCCC2)CCCO1. The summed E-state index contributed by atoms with van der Waals surface area (Å²) >= 11 is 0. The maximum Gasteiger partial charge on any atom is 0.211 e. The van der Waals surface area contributed by atoms with Crippen LogP contribution in [0.2, 0.25) is 0 Å². The third-order valence-electron chi connectivity index (χ3n) is 3.90. The van der Waals surface area contributed by atoms with Gasteiger partial charge in [0.15, 0.2) is 0 Å². The van der Waals surface area contributed by atoms with Crippen LogP contribution in [0.3, 0.4) is 0 Å². The summed E-state index contributed by atoms with van der Waals surface area (Å²) in [5.74, 6) is 0.660. The Kier molecular flexibility index (Phi) is 4.10. The lowest BCUT2D eigenvalue weighted by molar-refractivity contribution is 0.0250. The molecule has 1 saturated heterocycles. The van der Waals surface area contributed by atoms with Gasteiger partial charge in [-0.05, 0) is 38.5 Å². The molecular formula is C12H23NO3S. The fourth-order valence-corrected chi connectivity index (χ4v) is 4.38. The average molecular weight is 261 g/mol. The third kappa shape index (κ3) is 3.93. The molecule has 2 aliphatic rings. The van der Waals surface area contributed by atoms with Gasteiger partial charge in [-0.3, -0.25) is 0 Å². The second kappa shape index (κ2) is 5.24. The van der Waals surface area contributed by atoms with E-state index in [0.717, 1.165) is 32.3 Å². The van der Waals surface area contributed by atoms with Gasteiger partial charge >= 0.3 is 0 Å². The average Bonchev–Trinajstić information content (AvgIpc) is 2.88. The molecule has 0 spiro atoms. The van der Waals surface area contributed by atoms with E-state index in [2.05, 4.69) is 4.72 Å². The van der Waals surface area contributed by atoms with Crippen molar-refractivity contribution in [1.82, 2.24) is 4.72 Å². The summed E-state index contributed by atoms with van der Waals surface area (Å²) in [7, 11) is -3.12. The van der Waals surface area contributed by atoms with Gasteiger partial charge < -0.3 is 4.74 Å². The molecule has 2 fully saturated rings. The summed E-state index contributed by atoms with van der Waals surface area (Å²) in [4.78, 5) is 0. The normalized spacial score (nSPS) is 31.1. The van der Waals surface area contributed by atoms with E-state index >= 15 is 0 Å². The van der Waals surface area contributed by atoms with Crippen LogP contribution in [-0.2, 0) is 14.8 Å². The summed E-state index contributed by atoms with van der Waals surface area (Å²) in [6, 6.07) is 0. The lowest BCUT2D eigenvalue weighted by Crippen LogP contribution is -2.41. The van der Waals surface area contributed by atoms with E-state index in [4.69, 9.17) is 4.74 Å². The molecule has 17 heavy (non-hydrogen) atoms. The van der Waals surface area contributed by atoms with Crippen LogP contribution in [0.5, 0.6) is 0 Å². The van der Waals surface area contributed by atoms with Gasteiger partial charge in [-0.15, -0.1) is 0 Å². The maximum atomic E-state index is 11.9. The molecule has 1 aliphatic heterocycles. The highest BCUT2D eigenvalue weighted by molar-refractivity contribution is 7.89. The van der Waals surface area contributed by atoms with Crippen molar-refractivity contribution in [2.45, 2.75) is 51.0 Å². The van der Waals surface area contributed by atoms with Gasteiger partial charge in [0.1, 0.15) is 0 Å². The number of ether oxygens (including phenoxy) is 1. The van der Waals surface area contributed by atoms with Gasteiger partial charge in [0, 0.05) is 13.2 Å². The van der Waals surface area contributed by atoms with Crippen molar-refractivity contribution in [3.63, 3.8) is 0 Å². The van der Waals surface area contributed by atoms with E-state index in [0.29, 0.717) is 18.2 Å². The van der Waals surface area contributed by atoms with Gasteiger partial charge in [-0.1, -0.05) is 12.8 Å². The van der Waals surface area contributed by atoms with Crippen LogP contribution >= 0.6 is 0 Å². The number of hydrogen-bond acceptors (Lipinski definition) is 3. The summed E-state index contributed by atoms with van der Waals surface area (Å²) < 4.78 is 32.1. The zero-order chi connectivity index (χ0) is 12.4. The highest BCUT2D eigenvalue weighted by atomic mass is 32.2. The van der Waals surface area contributed by atoms with Crippen molar-refractivity contribution in [2.24, 2.45) is 5.92 Å². The Bertz CT molecular complexity index is 341. The molecule has 1 aliphatic carbocycles. The predicted octanol–water partition coefficient (Wildman–Crippen LogP) is 1.67. The lowest BCUT2D eigenvalue weighted by atomic mass is 10.0. The van der Waals surface area contributed by atoms with Gasteiger partial charge in [-0.2, -0.15) is 0 Å². The zero-order valence-corrected chi connectivity index (χ0v) is 11.4. The number of rotatable bonds is 5. The Morgan fingerprint density at radius 2 is 2.00 bits per heavy atom. The van der Waals surface area contributed by atoms with Gasteiger partial charge in [0.2, 0.25) is 10.0 Å². The van der Waals surface area contributed by atoms with Crippen LogP contribution in [-0.4, -0.2) is 32.9 Å². The summed E-state index contributed by atoms with van der Waals surface area (Å²) in [6.07, 6.45) is 6.46. The second-order valence-corrected chi connectivity index (χ2v) is 7.51. The Balaban J connectivity index is 1.80. The van der Waals surface area contributed by atoms with Crippen molar-refractivity contribution in [3.05, 3.63) is 0 Å². The molecule has 1 saturated carbocycles. The third-order valence-corrected chi connectivity index (χ3v) is 5.39. The van der Waals surface area contributed by atoms with Crippen LogP contribution in [0, 0.1) is 5.92 Å². The molecule has 0 radical (unpaired) electrons. The zero-order valence-electron chi connectivity index (χ0n) is 10.6. The molecule has 1 unspecified atom stereocenters. The van der Waals surface area contributed by atoms with Crippen LogP contribution in [0.4, 0.5) is 0 Å². The maximum absolute atomic E-state index is 11.9. The molecular weight excluding hydrogens is 238 g/mol. The molecule has 1 N–H and O–H groups in total. The first-order chi connectivity index (χ1) is 7.99. The Hall–Kier alpha value is -0.130. The first-order valence-electron chi connectivity index (χ1n) is 6.60. The minimum Gasteiger partial charge on any atom is -0.374 e. The van der Waals surface area contributed by atoms with E-state index in [1.165, 1.54) is 12.8 Å². The topological polar surface area (TPSA) is 55.4 Å². The molecule has 5 heteroatoms. The molecule has 1 atom stereocenters. The van der Waals surface area contributed by atoms with Crippen molar-refractivity contribution in [1.29, 1.82) is 0 Å². The van der Waals surface area contributed by atoms with Crippen LogP contribution in [0.15, 0.2) is 0 Å². The molecule has 2 rings (SSSR count). The molecule has 0 aromatic rings. The first kappa shape index (κ1) is 13.3. The molecule has 0 aromatic carbocycles.